The largest absolute Gasteiger partial charge is 0.352 e. The number of carbonyl (C=O) groups is 1. The second kappa shape index (κ2) is 8.98. The van der Waals surface area contributed by atoms with Gasteiger partial charge in [0.15, 0.2) is 0 Å². The Bertz CT molecular complexity index is 663. The Morgan fingerprint density at radius 3 is 2.68 bits per heavy atom. The molecule has 0 aromatic heterocycles. The summed E-state index contributed by atoms with van der Waals surface area (Å²) in [5.41, 5.74) is 0.779. The summed E-state index contributed by atoms with van der Waals surface area (Å²) in [6.45, 7) is 2.52. The fourth-order valence-electron chi connectivity index (χ4n) is 3.38. The molecular weight excluding hydrogens is 362 g/mol. The second-order valence-corrected chi connectivity index (χ2v) is 8.61. The van der Waals surface area contributed by atoms with Crippen LogP contribution >= 0.6 is 12.4 Å². The maximum absolute atomic E-state index is 12.7. The third-order valence-corrected chi connectivity index (χ3v) is 6.56. The Hall–Kier alpha value is -1.15. The highest BCUT2D eigenvalue weighted by Crippen LogP contribution is 2.22. The Kier molecular flexibility index (Phi) is 7.25. The predicted molar refractivity (Wildman–Crippen MR) is 100 cm³/mol. The number of amides is 1. The molecule has 1 aromatic rings. The van der Waals surface area contributed by atoms with Crippen LogP contribution in [0.25, 0.3) is 0 Å². The normalized spacial score (nSPS) is 24.5. The molecule has 2 aliphatic heterocycles. The minimum Gasteiger partial charge on any atom is -0.352 e. The Morgan fingerprint density at radius 2 is 2.00 bits per heavy atom. The molecular formula is C17H26ClN3O3S. The molecule has 0 aliphatic carbocycles. The van der Waals surface area contributed by atoms with Gasteiger partial charge in [0.2, 0.25) is 15.9 Å². The standard InChI is InChI=1S/C17H25N3O3S.ClH/c21-17(19-16-8-9-18-11-16)15-7-4-10-20(12-15)24(22,23)13-14-5-2-1-3-6-14;/h1-3,5-6,15-16,18H,4,7-13H2,(H,19,21);1H. The second-order valence-electron chi connectivity index (χ2n) is 6.64. The summed E-state index contributed by atoms with van der Waals surface area (Å²) in [5.74, 6) is -0.262. The van der Waals surface area contributed by atoms with Crippen molar-refractivity contribution in [3.8, 4) is 0 Å². The van der Waals surface area contributed by atoms with Gasteiger partial charge in [-0.05, 0) is 31.4 Å². The number of rotatable bonds is 5. The molecule has 1 aromatic carbocycles. The van der Waals surface area contributed by atoms with Crippen LogP contribution in [0.4, 0.5) is 0 Å². The van der Waals surface area contributed by atoms with E-state index in [1.165, 1.54) is 4.31 Å². The molecule has 0 radical (unpaired) electrons. The fraction of sp³-hybridized carbons (Fsp3) is 0.588. The van der Waals surface area contributed by atoms with Crippen LogP contribution in [0.15, 0.2) is 30.3 Å². The van der Waals surface area contributed by atoms with Crippen molar-refractivity contribution in [2.75, 3.05) is 26.2 Å². The van der Waals surface area contributed by atoms with E-state index in [1.807, 2.05) is 30.3 Å². The van der Waals surface area contributed by atoms with E-state index in [0.29, 0.717) is 13.1 Å². The molecule has 0 bridgehead atoms. The van der Waals surface area contributed by atoms with Crippen LogP contribution in [0.1, 0.15) is 24.8 Å². The quantitative estimate of drug-likeness (QED) is 0.793. The van der Waals surface area contributed by atoms with E-state index in [9.17, 15) is 13.2 Å². The van der Waals surface area contributed by atoms with Crippen molar-refractivity contribution < 1.29 is 13.2 Å². The number of hydrogen-bond donors (Lipinski definition) is 2. The van der Waals surface area contributed by atoms with Crippen LogP contribution in [0.3, 0.4) is 0 Å². The smallest absolute Gasteiger partial charge is 0.224 e. The molecule has 140 valence electrons. The van der Waals surface area contributed by atoms with E-state index in [2.05, 4.69) is 10.6 Å². The van der Waals surface area contributed by atoms with E-state index >= 15 is 0 Å². The molecule has 8 heteroatoms. The number of piperidine rings is 1. The monoisotopic (exact) mass is 387 g/mol. The Morgan fingerprint density at radius 1 is 1.24 bits per heavy atom. The average molecular weight is 388 g/mol. The van der Waals surface area contributed by atoms with Crippen LogP contribution in [-0.4, -0.2) is 50.9 Å². The predicted octanol–water partition coefficient (Wildman–Crippen LogP) is 1.13. The van der Waals surface area contributed by atoms with Gasteiger partial charge in [0.1, 0.15) is 0 Å². The summed E-state index contributed by atoms with van der Waals surface area (Å²) in [7, 11) is -3.39. The van der Waals surface area contributed by atoms with E-state index in [0.717, 1.165) is 37.9 Å². The minimum atomic E-state index is -3.39. The molecule has 25 heavy (non-hydrogen) atoms. The third kappa shape index (κ3) is 5.41. The lowest BCUT2D eigenvalue weighted by Crippen LogP contribution is -2.48. The van der Waals surface area contributed by atoms with Gasteiger partial charge in [0.25, 0.3) is 0 Å². The summed E-state index contributed by atoms with van der Waals surface area (Å²) in [6, 6.07) is 9.36. The van der Waals surface area contributed by atoms with Crippen molar-refractivity contribution in [2.24, 2.45) is 5.92 Å². The molecule has 2 fully saturated rings. The maximum atomic E-state index is 12.7. The van der Waals surface area contributed by atoms with Crippen molar-refractivity contribution in [3.05, 3.63) is 35.9 Å². The number of sulfonamides is 1. The first-order valence-corrected chi connectivity index (χ1v) is 10.2. The SMILES string of the molecule is Cl.O=C(NC1CCNC1)C1CCCN(S(=O)(=O)Cc2ccccc2)C1. The summed E-state index contributed by atoms with van der Waals surface area (Å²) >= 11 is 0. The molecule has 6 nitrogen and oxygen atoms in total. The molecule has 2 atom stereocenters. The summed E-state index contributed by atoms with van der Waals surface area (Å²) in [6.07, 6.45) is 2.42. The summed E-state index contributed by atoms with van der Waals surface area (Å²) in [4.78, 5) is 12.4. The van der Waals surface area contributed by atoms with Gasteiger partial charge in [-0.3, -0.25) is 4.79 Å². The minimum absolute atomic E-state index is 0. The number of halogens is 1. The van der Waals surface area contributed by atoms with E-state index in [4.69, 9.17) is 0 Å². The number of nitrogens with one attached hydrogen (secondary N) is 2. The highest BCUT2D eigenvalue weighted by molar-refractivity contribution is 7.88. The van der Waals surface area contributed by atoms with E-state index in [1.54, 1.807) is 0 Å². The van der Waals surface area contributed by atoms with Crippen LogP contribution in [-0.2, 0) is 20.6 Å². The molecule has 0 spiro atoms. The van der Waals surface area contributed by atoms with Gasteiger partial charge in [-0.1, -0.05) is 30.3 Å². The first-order chi connectivity index (χ1) is 11.5. The van der Waals surface area contributed by atoms with Gasteiger partial charge in [-0.15, -0.1) is 12.4 Å². The third-order valence-electron chi connectivity index (χ3n) is 4.75. The molecule has 1 amide bonds. The number of carbonyl (C=O) groups excluding carboxylic acids is 1. The lowest BCUT2D eigenvalue weighted by molar-refractivity contribution is -0.126. The summed E-state index contributed by atoms with van der Waals surface area (Å²) in [5, 5.41) is 6.27. The number of hydrogen-bond acceptors (Lipinski definition) is 4. The average Bonchev–Trinajstić information content (AvgIpc) is 3.08. The topological polar surface area (TPSA) is 78.5 Å². The van der Waals surface area contributed by atoms with Gasteiger partial charge < -0.3 is 10.6 Å². The van der Waals surface area contributed by atoms with Crippen LogP contribution in [0.2, 0.25) is 0 Å². The Balaban J connectivity index is 0.00000225. The lowest BCUT2D eigenvalue weighted by Gasteiger charge is -2.31. The van der Waals surface area contributed by atoms with Crippen molar-refractivity contribution in [1.82, 2.24) is 14.9 Å². The number of nitrogens with zero attached hydrogens (tertiary/aromatic N) is 1. The lowest BCUT2D eigenvalue weighted by atomic mass is 9.98. The zero-order valence-electron chi connectivity index (χ0n) is 14.2. The maximum Gasteiger partial charge on any atom is 0.224 e. The van der Waals surface area contributed by atoms with Crippen LogP contribution < -0.4 is 10.6 Å². The van der Waals surface area contributed by atoms with Crippen molar-refractivity contribution in [3.63, 3.8) is 0 Å². The molecule has 3 rings (SSSR count). The van der Waals surface area contributed by atoms with Gasteiger partial charge in [0, 0.05) is 25.7 Å². The molecule has 2 saturated heterocycles. The van der Waals surface area contributed by atoms with Crippen molar-refractivity contribution >= 4 is 28.3 Å². The van der Waals surface area contributed by atoms with E-state index in [-0.39, 0.29) is 36.0 Å². The van der Waals surface area contributed by atoms with Gasteiger partial charge in [0.05, 0.1) is 11.7 Å². The van der Waals surface area contributed by atoms with Gasteiger partial charge >= 0.3 is 0 Å². The summed E-state index contributed by atoms with van der Waals surface area (Å²) < 4.78 is 26.8. The zero-order valence-corrected chi connectivity index (χ0v) is 15.8. The molecule has 2 aliphatic rings. The molecule has 0 saturated carbocycles. The first-order valence-electron chi connectivity index (χ1n) is 8.57. The highest BCUT2D eigenvalue weighted by Gasteiger charge is 2.33. The molecule has 2 heterocycles. The van der Waals surface area contributed by atoms with Crippen molar-refractivity contribution in [1.29, 1.82) is 0 Å². The van der Waals surface area contributed by atoms with Crippen molar-refractivity contribution in [2.45, 2.75) is 31.1 Å². The molecule has 2 N–H and O–H groups in total. The van der Waals surface area contributed by atoms with Crippen LogP contribution in [0.5, 0.6) is 0 Å². The van der Waals surface area contributed by atoms with E-state index < -0.39 is 10.0 Å². The zero-order chi connectivity index (χ0) is 17.0. The Labute approximate surface area is 155 Å². The highest BCUT2D eigenvalue weighted by atomic mass is 35.5. The first kappa shape index (κ1) is 20.2. The van der Waals surface area contributed by atoms with Crippen LogP contribution in [0, 0.1) is 5.92 Å². The fourth-order valence-corrected chi connectivity index (χ4v) is 4.99. The molecule has 2 unspecified atom stereocenters. The number of benzene rings is 1. The van der Waals surface area contributed by atoms with Gasteiger partial charge in [-0.2, -0.15) is 0 Å². The van der Waals surface area contributed by atoms with Gasteiger partial charge in [-0.25, -0.2) is 12.7 Å².